The molecule has 4 rings (SSSR count). The number of aliphatic hydroxyl groups excluding tert-OH is 2. The highest BCUT2D eigenvalue weighted by Crippen LogP contribution is 2.40. The van der Waals surface area contributed by atoms with Gasteiger partial charge in [-0.1, -0.05) is 0 Å². The number of nitrogens with zero attached hydrogens (tertiary/aromatic N) is 5. The van der Waals surface area contributed by atoms with Crippen LogP contribution in [0.15, 0.2) is 12.3 Å². The fraction of sp³-hybridized carbons (Fsp3) is 0.577. The van der Waals surface area contributed by atoms with Crippen LogP contribution in [0.4, 0.5) is 16.6 Å². The van der Waals surface area contributed by atoms with Crippen molar-refractivity contribution in [2.24, 2.45) is 5.92 Å². The molecule has 0 unspecified atom stereocenters. The van der Waals surface area contributed by atoms with Crippen molar-refractivity contribution in [3.8, 4) is 10.6 Å². The third kappa shape index (κ3) is 6.21. The Kier molecular flexibility index (Phi) is 8.54. The van der Waals surface area contributed by atoms with Crippen molar-refractivity contribution in [3.63, 3.8) is 0 Å². The van der Waals surface area contributed by atoms with Crippen LogP contribution in [0.25, 0.3) is 20.8 Å². The molecule has 4 atom stereocenters. The molecule has 1 amide bonds. The fourth-order valence-corrected chi connectivity index (χ4v) is 5.93. The van der Waals surface area contributed by atoms with Crippen molar-refractivity contribution >= 4 is 39.4 Å². The van der Waals surface area contributed by atoms with E-state index in [0.29, 0.717) is 54.1 Å². The van der Waals surface area contributed by atoms with Crippen LogP contribution in [0.1, 0.15) is 38.6 Å². The van der Waals surface area contributed by atoms with E-state index in [9.17, 15) is 20.1 Å². The average molecular weight is 560 g/mol. The SMILES string of the molecule is CCOC(=O)N(C)CCNc1nc(C)c(-c2nc3c(C)nccc3s2)c(N[C@@H]2C[C@H](C(C)(C)O)[C@@H](O)[C@H]2O)n1. The molecule has 0 aromatic carbocycles. The molecule has 3 heterocycles. The highest BCUT2D eigenvalue weighted by atomic mass is 32.1. The number of nitrogens with one attached hydrogen (secondary N) is 2. The predicted octanol–water partition coefficient (Wildman–Crippen LogP) is 2.56. The third-order valence-electron chi connectivity index (χ3n) is 7.02. The Labute approximate surface area is 231 Å². The van der Waals surface area contributed by atoms with Crippen LogP contribution in [0.2, 0.25) is 0 Å². The Morgan fingerprint density at radius 1 is 1.21 bits per heavy atom. The number of ether oxygens (including phenoxy) is 1. The Bertz CT molecular complexity index is 1330. The van der Waals surface area contributed by atoms with Crippen LogP contribution in [-0.2, 0) is 4.74 Å². The third-order valence-corrected chi connectivity index (χ3v) is 8.05. The van der Waals surface area contributed by atoms with Crippen LogP contribution < -0.4 is 10.6 Å². The first kappa shape index (κ1) is 28.9. The number of carbonyl (C=O) groups excluding carboxylic acids is 1. The maximum atomic E-state index is 11.9. The van der Waals surface area contributed by atoms with Gasteiger partial charge in [0.05, 0.1) is 46.0 Å². The number of fused-ring (bicyclic) bond motifs is 1. The monoisotopic (exact) mass is 559 g/mol. The number of likely N-dealkylation sites (N-methyl/N-ethyl adjacent to an activating group) is 1. The molecule has 5 N–H and O–H groups in total. The molecule has 39 heavy (non-hydrogen) atoms. The minimum absolute atomic E-state index is 0.298. The topological polar surface area (TPSA) is 166 Å². The summed E-state index contributed by atoms with van der Waals surface area (Å²) in [6.07, 6.45) is -0.535. The Balaban J connectivity index is 1.66. The quantitative estimate of drug-likeness (QED) is 0.261. The van der Waals surface area contributed by atoms with Gasteiger partial charge >= 0.3 is 6.09 Å². The normalized spacial score (nSPS) is 21.3. The second kappa shape index (κ2) is 11.5. The molecule has 1 saturated carbocycles. The zero-order valence-corrected chi connectivity index (χ0v) is 23.9. The molecule has 0 spiro atoms. The van der Waals surface area contributed by atoms with Gasteiger partial charge in [-0.15, -0.1) is 11.3 Å². The first-order chi connectivity index (χ1) is 18.4. The van der Waals surface area contributed by atoms with E-state index in [1.807, 2.05) is 19.9 Å². The largest absolute Gasteiger partial charge is 0.450 e. The van der Waals surface area contributed by atoms with Gasteiger partial charge in [-0.2, -0.15) is 4.98 Å². The number of thiazole rings is 1. The molecule has 3 aromatic heterocycles. The molecule has 1 aliphatic carbocycles. The number of amides is 1. The summed E-state index contributed by atoms with van der Waals surface area (Å²) < 4.78 is 5.99. The van der Waals surface area contributed by atoms with Crippen LogP contribution in [0.5, 0.6) is 0 Å². The van der Waals surface area contributed by atoms with Gasteiger partial charge < -0.3 is 35.6 Å². The number of aromatic nitrogens is 4. The maximum absolute atomic E-state index is 11.9. The zero-order chi connectivity index (χ0) is 28.5. The van der Waals surface area contributed by atoms with E-state index in [4.69, 9.17) is 14.7 Å². The van der Waals surface area contributed by atoms with E-state index in [2.05, 4.69) is 20.6 Å². The second-order valence-corrected chi connectivity index (χ2v) is 11.4. The molecule has 0 saturated heterocycles. The average Bonchev–Trinajstić information content (AvgIpc) is 3.41. The van der Waals surface area contributed by atoms with Crippen LogP contribution in [0.3, 0.4) is 0 Å². The van der Waals surface area contributed by atoms with Gasteiger partial charge in [-0.25, -0.2) is 14.8 Å². The number of hydrogen-bond acceptors (Lipinski definition) is 12. The second-order valence-electron chi connectivity index (χ2n) is 10.4. The smallest absolute Gasteiger partial charge is 0.409 e. The lowest BCUT2D eigenvalue weighted by molar-refractivity contribution is -0.0601. The van der Waals surface area contributed by atoms with Crippen LogP contribution in [-0.4, -0.2) is 96.8 Å². The minimum atomic E-state index is -1.17. The molecule has 1 fully saturated rings. The highest BCUT2D eigenvalue weighted by molar-refractivity contribution is 7.21. The number of aryl methyl sites for hydroxylation is 2. The highest BCUT2D eigenvalue weighted by Gasteiger charge is 2.48. The van der Waals surface area contributed by atoms with Gasteiger partial charge in [0, 0.05) is 32.3 Å². The number of aliphatic hydroxyl groups is 3. The molecule has 1 aliphatic rings. The summed E-state index contributed by atoms with van der Waals surface area (Å²) in [6.45, 7) is 9.82. The van der Waals surface area contributed by atoms with Crippen molar-refractivity contribution in [2.75, 3.05) is 37.4 Å². The first-order valence-electron chi connectivity index (χ1n) is 13.0. The van der Waals surface area contributed by atoms with Crippen LogP contribution >= 0.6 is 11.3 Å². The Hall–Kier alpha value is -3.13. The summed E-state index contributed by atoms with van der Waals surface area (Å²) in [5, 5.41) is 39.2. The summed E-state index contributed by atoms with van der Waals surface area (Å²) in [6, 6.07) is 1.35. The molecule has 0 aliphatic heterocycles. The number of carbonyl (C=O) groups is 1. The number of pyridine rings is 1. The summed E-state index contributed by atoms with van der Waals surface area (Å²) in [5.41, 5.74) is 1.78. The van der Waals surface area contributed by atoms with E-state index >= 15 is 0 Å². The van der Waals surface area contributed by atoms with Gasteiger partial charge in [0.15, 0.2) is 0 Å². The maximum Gasteiger partial charge on any atom is 0.409 e. The van der Waals surface area contributed by atoms with Crippen molar-refractivity contribution < 1.29 is 24.9 Å². The lowest BCUT2D eigenvalue weighted by Crippen LogP contribution is -2.40. The Morgan fingerprint density at radius 2 is 1.95 bits per heavy atom. The van der Waals surface area contributed by atoms with Crippen LogP contribution in [0, 0.1) is 19.8 Å². The molecule has 13 heteroatoms. The van der Waals surface area contributed by atoms with Gasteiger partial charge in [0.25, 0.3) is 0 Å². The number of hydrogen-bond donors (Lipinski definition) is 5. The van der Waals surface area contributed by atoms with Gasteiger partial charge in [-0.05, 0) is 47.1 Å². The number of rotatable bonds is 9. The summed E-state index contributed by atoms with van der Waals surface area (Å²) in [4.78, 5) is 31.9. The summed E-state index contributed by atoms with van der Waals surface area (Å²) in [7, 11) is 1.65. The van der Waals surface area contributed by atoms with E-state index in [0.717, 1.165) is 15.9 Å². The lowest BCUT2D eigenvalue weighted by Gasteiger charge is -2.28. The van der Waals surface area contributed by atoms with E-state index in [1.165, 1.54) is 16.2 Å². The molecule has 0 bridgehead atoms. The lowest BCUT2D eigenvalue weighted by atomic mass is 9.88. The Morgan fingerprint density at radius 3 is 2.59 bits per heavy atom. The van der Waals surface area contributed by atoms with Crippen molar-refractivity contribution in [3.05, 3.63) is 23.7 Å². The van der Waals surface area contributed by atoms with Gasteiger partial charge in [0.2, 0.25) is 5.95 Å². The van der Waals surface area contributed by atoms with Crippen molar-refractivity contribution in [1.29, 1.82) is 0 Å². The molecular weight excluding hydrogens is 522 g/mol. The summed E-state index contributed by atoms with van der Waals surface area (Å²) in [5.74, 6) is 0.256. The molecule has 212 valence electrons. The molecule has 3 aromatic rings. The zero-order valence-electron chi connectivity index (χ0n) is 23.1. The first-order valence-corrected chi connectivity index (χ1v) is 13.8. The van der Waals surface area contributed by atoms with E-state index in [-0.39, 0.29) is 0 Å². The standard InChI is InChI=1S/C26H37N7O5S/c1-7-38-25(36)33(6)11-10-28-24-29-13(2)18(23-31-19-14(3)27-9-8-17(19)39-23)22(32-24)30-16-12-15(26(4,5)37)20(34)21(16)35/h8-9,15-16,20-21,34-35,37H,7,10-12H2,1-6H3,(H2,28,29,30,32)/t15-,16+,20+,21-/m0/s1. The molecular formula is C26H37N7O5S. The van der Waals surface area contributed by atoms with Gasteiger partial charge in [-0.3, -0.25) is 4.98 Å². The van der Waals surface area contributed by atoms with E-state index < -0.39 is 35.9 Å². The minimum Gasteiger partial charge on any atom is -0.450 e. The summed E-state index contributed by atoms with van der Waals surface area (Å²) >= 11 is 1.49. The fourth-order valence-electron chi connectivity index (χ4n) is 4.82. The van der Waals surface area contributed by atoms with E-state index in [1.54, 1.807) is 34.0 Å². The van der Waals surface area contributed by atoms with Crippen molar-refractivity contribution in [1.82, 2.24) is 24.8 Å². The van der Waals surface area contributed by atoms with Crippen molar-refractivity contribution in [2.45, 2.75) is 64.9 Å². The molecule has 12 nitrogen and oxygen atoms in total. The predicted molar refractivity (Wildman–Crippen MR) is 150 cm³/mol. The van der Waals surface area contributed by atoms with Gasteiger partial charge in [0.1, 0.15) is 22.4 Å². The number of anilines is 2. The molecule has 0 radical (unpaired) electrons.